The zero-order chi connectivity index (χ0) is 20.6. The highest BCUT2D eigenvalue weighted by Gasteiger charge is 2.67. The van der Waals surface area contributed by atoms with Gasteiger partial charge in [-0.1, -0.05) is 0 Å². The summed E-state index contributed by atoms with van der Waals surface area (Å²) in [6, 6.07) is 0.966. The SMILES string of the molecule is Nc1ccn([C@@H]2O[C@](CF)(COP(=O)(O)O[PH](=O)O)[C@@H](O)C2(F)F)c(=O)n1. The molecule has 1 aromatic rings. The highest BCUT2D eigenvalue weighted by Crippen LogP contribution is 2.54. The Morgan fingerprint density at radius 3 is 2.67 bits per heavy atom. The number of nitrogens with zero attached hydrogens (tertiary/aromatic N) is 2. The van der Waals surface area contributed by atoms with E-state index in [1.807, 2.05) is 0 Å². The van der Waals surface area contributed by atoms with Crippen LogP contribution >= 0.6 is 16.1 Å². The second-order valence-electron chi connectivity index (χ2n) is 5.39. The van der Waals surface area contributed by atoms with E-state index < -0.39 is 58.9 Å². The number of phosphoric acid groups is 1. The number of rotatable bonds is 7. The summed E-state index contributed by atoms with van der Waals surface area (Å²) in [4.78, 5) is 32.6. The first kappa shape index (κ1) is 22.0. The van der Waals surface area contributed by atoms with Gasteiger partial charge in [-0.05, 0) is 6.07 Å². The van der Waals surface area contributed by atoms with E-state index in [9.17, 15) is 37.1 Å². The maximum absolute atomic E-state index is 14.4. The van der Waals surface area contributed by atoms with Crippen LogP contribution in [0.15, 0.2) is 17.1 Å². The molecule has 1 aromatic heterocycles. The van der Waals surface area contributed by atoms with Gasteiger partial charge >= 0.3 is 27.7 Å². The van der Waals surface area contributed by atoms with Crippen molar-refractivity contribution in [1.29, 1.82) is 0 Å². The van der Waals surface area contributed by atoms with Crippen molar-refractivity contribution in [3.8, 4) is 0 Å². The van der Waals surface area contributed by atoms with Gasteiger partial charge in [-0.2, -0.15) is 13.8 Å². The van der Waals surface area contributed by atoms with Crippen molar-refractivity contribution < 1.29 is 50.8 Å². The molecule has 154 valence electrons. The van der Waals surface area contributed by atoms with Crippen molar-refractivity contribution in [2.75, 3.05) is 19.0 Å². The second kappa shape index (κ2) is 7.60. The Kier molecular flexibility index (Phi) is 6.19. The average Bonchev–Trinajstić information content (AvgIpc) is 2.73. The van der Waals surface area contributed by atoms with Crippen molar-refractivity contribution in [2.45, 2.75) is 23.9 Å². The largest absolute Gasteiger partial charge is 0.479 e. The molecule has 0 aromatic carbocycles. The van der Waals surface area contributed by atoms with E-state index in [0.717, 1.165) is 12.3 Å². The molecule has 1 aliphatic heterocycles. The molecule has 2 unspecified atom stereocenters. The number of ether oxygens (including phenoxy) is 1. The lowest BCUT2D eigenvalue weighted by atomic mass is 9.97. The zero-order valence-corrected chi connectivity index (χ0v) is 15.0. The molecule has 0 saturated carbocycles. The molecule has 5 N–H and O–H groups in total. The van der Waals surface area contributed by atoms with Gasteiger partial charge in [0.1, 0.15) is 12.5 Å². The standard InChI is InChI=1S/C10H14F3N3O9P2/c11-3-9(4-23-27(21,22)25-26(19)20)6(17)10(12,13)7(24-9)16-2-1-5(14)15-8(16)18/h1-2,6-7,17,26H,3-4H2,(H,19,20)(H,21,22)(H2,14,15,18)/t6-,7-,9-/m1/s1. The molecule has 17 heteroatoms. The van der Waals surface area contributed by atoms with E-state index in [4.69, 9.17) is 15.4 Å². The molecule has 1 fully saturated rings. The Labute approximate surface area is 148 Å². The van der Waals surface area contributed by atoms with Gasteiger partial charge in [-0.3, -0.25) is 13.7 Å². The molecule has 12 nitrogen and oxygen atoms in total. The van der Waals surface area contributed by atoms with Crippen LogP contribution in [0.1, 0.15) is 6.23 Å². The minimum atomic E-state index is -5.25. The average molecular weight is 439 g/mol. The van der Waals surface area contributed by atoms with E-state index in [1.54, 1.807) is 0 Å². The summed E-state index contributed by atoms with van der Waals surface area (Å²) in [6.07, 6.45) is -4.72. The van der Waals surface area contributed by atoms with Crippen LogP contribution < -0.4 is 11.4 Å². The van der Waals surface area contributed by atoms with Crippen LogP contribution in [-0.2, 0) is 22.7 Å². The van der Waals surface area contributed by atoms with Gasteiger partial charge in [-0.25, -0.2) is 18.1 Å². The minimum Gasteiger partial charge on any atom is -0.383 e. The third kappa shape index (κ3) is 4.41. The molecule has 0 bridgehead atoms. The van der Waals surface area contributed by atoms with Gasteiger partial charge in [0, 0.05) is 6.20 Å². The van der Waals surface area contributed by atoms with E-state index >= 15 is 0 Å². The number of anilines is 1. The summed E-state index contributed by atoms with van der Waals surface area (Å²) in [6.45, 7) is -3.32. The van der Waals surface area contributed by atoms with Gasteiger partial charge in [0.05, 0.1) is 6.61 Å². The number of phosphoric ester groups is 1. The first-order valence-corrected chi connectivity index (χ1v) is 9.65. The number of aliphatic hydroxyl groups is 1. The number of hydrogen-bond donors (Lipinski definition) is 4. The molecular formula is C10H14F3N3O9P2. The van der Waals surface area contributed by atoms with Gasteiger partial charge in [0.25, 0.3) is 0 Å². The lowest BCUT2D eigenvalue weighted by Gasteiger charge is -2.28. The summed E-state index contributed by atoms with van der Waals surface area (Å²) in [7, 11) is -9.21. The number of nitrogens with two attached hydrogens (primary N) is 1. The lowest BCUT2D eigenvalue weighted by Crippen LogP contribution is -2.51. The van der Waals surface area contributed by atoms with E-state index in [0.29, 0.717) is 0 Å². The summed E-state index contributed by atoms with van der Waals surface area (Å²) in [5.74, 6) is -4.56. The monoisotopic (exact) mass is 439 g/mol. The van der Waals surface area contributed by atoms with Crippen molar-refractivity contribution in [3.05, 3.63) is 22.7 Å². The van der Waals surface area contributed by atoms with Crippen molar-refractivity contribution in [2.24, 2.45) is 0 Å². The van der Waals surface area contributed by atoms with Crippen LogP contribution in [0.5, 0.6) is 0 Å². The third-order valence-electron chi connectivity index (χ3n) is 3.53. The predicted octanol–water partition coefficient (Wildman–Crippen LogP) is -0.426. The smallest absolute Gasteiger partial charge is 0.383 e. The molecule has 5 atom stereocenters. The van der Waals surface area contributed by atoms with Crippen LogP contribution in [0, 0.1) is 0 Å². The fourth-order valence-corrected chi connectivity index (χ4v) is 3.65. The number of alkyl halides is 3. The molecule has 0 aliphatic carbocycles. The van der Waals surface area contributed by atoms with Gasteiger partial charge in [0.15, 0.2) is 11.7 Å². The summed E-state index contributed by atoms with van der Waals surface area (Å²) < 4.78 is 77.1. The normalized spacial score (nSPS) is 30.7. The van der Waals surface area contributed by atoms with Crippen molar-refractivity contribution in [3.63, 3.8) is 0 Å². The van der Waals surface area contributed by atoms with E-state index in [1.165, 1.54) is 0 Å². The number of halogens is 3. The molecule has 0 spiro atoms. The van der Waals surface area contributed by atoms with Crippen LogP contribution in [-0.4, -0.2) is 55.4 Å². The molecule has 1 saturated heterocycles. The molecule has 1 aliphatic rings. The maximum Gasteiger partial charge on any atom is 0.479 e. The Morgan fingerprint density at radius 1 is 1.52 bits per heavy atom. The van der Waals surface area contributed by atoms with Crippen LogP contribution in [0.3, 0.4) is 0 Å². The summed E-state index contributed by atoms with van der Waals surface area (Å²) in [5, 5.41) is 9.85. The quantitative estimate of drug-likeness (QED) is 0.405. The fraction of sp³-hybridized carbons (Fsp3) is 0.600. The minimum absolute atomic E-state index is 0.235. The third-order valence-corrected chi connectivity index (χ3v) is 5.54. The van der Waals surface area contributed by atoms with Crippen molar-refractivity contribution >= 4 is 21.9 Å². The topological polar surface area (TPSA) is 183 Å². The molecular weight excluding hydrogens is 425 g/mol. The second-order valence-corrected chi connectivity index (χ2v) is 7.84. The van der Waals surface area contributed by atoms with Crippen LogP contribution in [0.4, 0.5) is 19.0 Å². The summed E-state index contributed by atoms with van der Waals surface area (Å²) in [5.41, 5.74) is 1.04. The molecule has 27 heavy (non-hydrogen) atoms. The lowest BCUT2D eigenvalue weighted by molar-refractivity contribution is -0.147. The fourth-order valence-electron chi connectivity index (χ4n) is 2.27. The Bertz CT molecular complexity index is 840. The van der Waals surface area contributed by atoms with Crippen LogP contribution in [0.25, 0.3) is 0 Å². The first-order chi connectivity index (χ1) is 12.3. The molecule has 0 amide bonds. The Balaban J connectivity index is 2.34. The molecule has 2 rings (SSSR count). The summed E-state index contributed by atoms with van der Waals surface area (Å²) >= 11 is 0. The van der Waals surface area contributed by atoms with Crippen molar-refractivity contribution in [1.82, 2.24) is 9.55 Å². The number of nitrogen functional groups attached to an aromatic ring is 1. The zero-order valence-electron chi connectivity index (χ0n) is 13.1. The predicted molar refractivity (Wildman–Crippen MR) is 80.8 cm³/mol. The highest BCUT2D eigenvalue weighted by atomic mass is 31.2. The van der Waals surface area contributed by atoms with Gasteiger partial charge in [-0.15, -0.1) is 0 Å². The number of aliphatic hydroxyl groups excluding tert-OH is 1. The van der Waals surface area contributed by atoms with Gasteiger partial charge in [0.2, 0.25) is 6.23 Å². The number of hydrogen-bond acceptors (Lipinski definition) is 9. The molecule has 2 heterocycles. The Morgan fingerprint density at radius 2 is 2.15 bits per heavy atom. The van der Waals surface area contributed by atoms with E-state index in [2.05, 4.69) is 13.8 Å². The van der Waals surface area contributed by atoms with Crippen LogP contribution in [0.2, 0.25) is 0 Å². The van der Waals surface area contributed by atoms with Gasteiger partial charge < -0.3 is 25.4 Å². The first-order valence-electron chi connectivity index (χ1n) is 6.89. The highest BCUT2D eigenvalue weighted by molar-refractivity contribution is 7.55. The van der Waals surface area contributed by atoms with E-state index in [-0.39, 0.29) is 10.4 Å². The number of aromatic nitrogens is 2. The maximum atomic E-state index is 14.4. The molecule has 0 radical (unpaired) electrons. The Hall–Kier alpha value is -1.31.